The maximum absolute atomic E-state index is 11.6. The molecule has 0 aliphatic rings. The number of hydrogen-bond acceptors (Lipinski definition) is 5. The van der Waals surface area contributed by atoms with Gasteiger partial charge in [-0.15, -0.1) is 0 Å². The van der Waals surface area contributed by atoms with Crippen molar-refractivity contribution in [1.82, 2.24) is 19.9 Å². The van der Waals surface area contributed by atoms with Crippen molar-refractivity contribution in [3.63, 3.8) is 0 Å². The molecule has 1 rings (SSSR count). The molecule has 0 bridgehead atoms. The average molecular weight is 345 g/mol. The van der Waals surface area contributed by atoms with E-state index in [1.54, 1.807) is 21.0 Å². The van der Waals surface area contributed by atoms with Crippen molar-refractivity contribution in [2.45, 2.75) is 33.7 Å². The van der Waals surface area contributed by atoms with Crippen LogP contribution in [0.5, 0.6) is 0 Å². The van der Waals surface area contributed by atoms with Crippen LogP contribution < -0.4 is 10.6 Å². The van der Waals surface area contributed by atoms with Crippen molar-refractivity contribution in [1.29, 1.82) is 0 Å². The molecule has 0 spiro atoms. The van der Waals surface area contributed by atoms with E-state index in [0.29, 0.717) is 37.9 Å². The first-order valence-corrected chi connectivity index (χ1v) is 9.22. The minimum Gasteiger partial charge on any atom is -0.444 e. The first-order valence-electron chi connectivity index (χ1n) is 7.61. The highest BCUT2D eigenvalue weighted by Gasteiger charge is 2.14. The van der Waals surface area contributed by atoms with Gasteiger partial charge in [0.05, 0.1) is 18.0 Å². The summed E-state index contributed by atoms with van der Waals surface area (Å²) in [5.41, 5.74) is 0.880. The minimum absolute atomic E-state index is 0.120. The van der Waals surface area contributed by atoms with E-state index >= 15 is 0 Å². The third kappa shape index (κ3) is 6.19. The molecule has 0 amide bonds. The molecular weight excluding hydrogens is 318 g/mol. The van der Waals surface area contributed by atoms with E-state index in [2.05, 4.69) is 20.6 Å². The quantitative estimate of drug-likeness (QED) is 0.407. The molecule has 0 fully saturated rings. The summed E-state index contributed by atoms with van der Waals surface area (Å²) in [6.45, 7) is 6.95. The van der Waals surface area contributed by atoms with Crippen molar-refractivity contribution in [2.24, 2.45) is 4.99 Å². The van der Waals surface area contributed by atoms with E-state index in [9.17, 15) is 8.42 Å². The molecular formula is C14H27N5O3S. The van der Waals surface area contributed by atoms with Gasteiger partial charge in [-0.3, -0.25) is 4.99 Å². The highest BCUT2D eigenvalue weighted by Crippen LogP contribution is 2.07. The number of guanidine groups is 1. The van der Waals surface area contributed by atoms with Crippen LogP contribution in [0.4, 0.5) is 0 Å². The Balaban J connectivity index is 2.32. The summed E-state index contributed by atoms with van der Waals surface area (Å²) in [5, 5.41) is 6.24. The smallest absolute Gasteiger partial charge is 0.214 e. The Hall–Kier alpha value is -1.61. The summed E-state index contributed by atoms with van der Waals surface area (Å²) in [7, 11) is 0.159. The van der Waals surface area contributed by atoms with Crippen LogP contribution in [0.3, 0.4) is 0 Å². The number of aryl methyl sites for hydroxylation is 2. The fraction of sp³-hybridized carbons (Fsp3) is 0.714. The lowest BCUT2D eigenvalue weighted by Crippen LogP contribution is -2.38. The Labute approximate surface area is 138 Å². The number of sulfonamides is 1. The van der Waals surface area contributed by atoms with Gasteiger partial charge in [0.1, 0.15) is 5.76 Å². The molecule has 132 valence electrons. The van der Waals surface area contributed by atoms with Gasteiger partial charge in [-0.25, -0.2) is 17.7 Å². The maximum Gasteiger partial charge on any atom is 0.214 e. The van der Waals surface area contributed by atoms with Crippen molar-refractivity contribution in [3.8, 4) is 0 Å². The first kappa shape index (κ1) is 19.4. The second-order valence-electron chi connectivity index (χ2n) is 5.18. The SMILES string of the molecule is CCS(=O)(=O)N(C)CCCNC(=NC)NCc1nc(C)c(C)o1. The summed E-state index contributed by atoms with van der Waals surface area (Å²) in [5.74, 6) is 2.16. The second kappa shape index (κ2) is 8.88. The molecule has 0 saturated heterocycles. The first-order chi connectivity index (χ1) is 10.8. The zero-order chi connectivity index (χ0) is 17.5. The van der Waals surface area contributed by atoms with E-state index in [1.165, 1.54) is 4.31 Å². The number of nitrogens with zero attached hydrogens (tertiary/aromatic N) is 3. The number of rotatable bonds is 8. The number of aliphatic imine (C=N–C) groups is 1. The van der Waals surface area contributed by atoms with Crippen LogP contribution in [-0.2, 0) is 16.6 Å². The lowest BCUT2D eigenvalue weighted by Gasteiger charge is -2.16. The zero-order valence-corrected chi connectivity index (χ0v) is 15.3. The van der Waals surface area contributed by atoms with Crippen molar-refractivity contribution < 1.29 is 12.8 Å². The van der Waals surface area contributed by atoms with Gasteiger partial charge in [0.2, 0.25) is 15.9 Å². The summed E-state index contributed by atoms with van der Waals surface area (Å²) < 4.78 is 30.1. The van der Waals surface area contributed by atoms with Gasteiger partial charge in [-0.05, 0) is 27.2 Å². The predicted molar refractivity (Wildman–Crippen MR) is 90.9 cm³/mol. The van der Waals surface area contributed by atoms with Crippen LogP contribution in [0.15, 0.2) is 9.41 Å². The fourth-order valence-electron chi connectivity index (χ4n) is 1.86. The van der Waals surface area contributed by atoms with Crippen LogP contribution in [-0.4, -0.2) is 56.6 Å². The van der Waals surface area contributed by atoms with E-state index in [0.717, 1.165) is 11.5 Å². The van der Waals surface area contributed by atoms with Gasteiger partial charge in [-0.1, -0.05) is 0 Å². The van der Waals surface area contributed by atoms with E-state index < -0.39 is 10.0 Å². The van der Waals surface area contributed by atoms with Gasteiger partial charge >= 0.3 is 0 Å². The molecule has 0 aliphatic carbocycles. The van der Waals surface area contributed by atoms with E-state index in [-0.39, 0.29) is 5.75 Å². The number of oxazole rings is 1. The highest BCUT2D eigenvalue weighted by atomic mass is 32.2. The molecule has 0 unspecified atom stereocenters. The molecule has 1 aromatic rings. The Kier molecular flexibility index (Phi) is 7.50. The lowest BCUT2D eigenvalue weighted by molar-refractivity contribution is 0.457. The monoisotopic (exact) mass is 345 g/mol. The Morgan fingerprint density at radius 3 is 2.57 bits per heavy atom. The Morgan fingerprint density at radius 2 is 2.04 bits per heavy atom. The number of aromatic nitrogens is 1. The van der Waals surface area contributed by atoms with Gasteiger partial charge < -0.3 is 15.1 Å². The molecule has 1 heterocycles. The molecule has 9 heteroatoms. The molecule has 0 atom stereocenters. The van der Waals surface area contributed by atoms with Crippen LogP contribution in [0.1, 0.15) is 30.7 Å². The lowest BCUT2D eigenvalue weighted by atomic mass is 10.4. The normalized spacial score (nSPS) is 12.7. The van der Waals surface area contributed by atoms with E-state index in [4.69, 9.17) is 4.42 Å². The standard InChI is InChI=1S/C14H27N5O3S/c1-6-23(20,21)19(5)9-7-8-16-14(15-4)17-10-13-18-11(2)12(3)22-13/h6-10H2,1-5H3,(H2,15,16,17). The van der Waals surface area contributed by atoms with Crippen LogP contribution in [0.2, 0.25) is 0 Å². The molecule has 2 N–H and O–H groups in total. The molecule has 0 aliphatic heterocycles. The Bertz CT molecular complexity index is 605. The molecule has 0 aromatic carbocycles. The second-order valence-corrected chi connectivity index (χ2v) is 7.54. The number of hydrogen-bond donors (Lipinski definition) is 2. The number of nitrogens with one attached hydrogen (secondary N) is 2. The highest BCUT2D eigenvalue weighted by molar-refractivity contribution is 7.89. The molecule has 0 radical (unpaired) electrons. The van der Waals surface area contributed by atoms with Gasteiger partial charge in [0.15, 0.2) is 5.96 Å². The average Bonchev–Trinajstić information content (AvgIpc) is 2.84. The molecule has 8 nitrogen and oxygen atoms in total. The summed E-state index contributed by atoms with van der Waals surface area (Å²) in [6.07, 6.45) is 0.688. The molecule has 23 heavy (non-hydrogen) atoms. The molecule has 0 saturated carbocycles. The van der Waals surface area contributed by atoms with Crippen LogP contribution >= 0.6 is 0 Å². The third-order valence-corrected chi connectivity index (χ3v) is 5.35. The zero-order valence-electron chi connectivity index (χ0n) is 14.5. The van der Waals surface area contributed by atoms with Crippen molar-refractivity contribution in [3.05, 3.63) is 17.3 Å². The summed E-state index contributed by atoms with van der Waals surface area (Å²) >= 11 is 0. The summed E-state index contributed by atoms with van der Waals surface area (Å²) in [4.78, 5) is 8.39. The summed E-state index contributed by atoms with van der Waals surface area (Å²) in [6, 6.07) is 0. The molecule has 1 aromatic heterocycles. The minimum atomic E-state index is -3.11. The van der Waals surface area contributed by atoms with Gasteiger partial charge in [0.25, 0.3) is 0 Å². The van der Waals surface area contributed by atoms with E-state index in [1.807, 2.05) is 13.8 Å². The van der Waals surface area contributed by atoms with Crippen molar-refractivity contribution in [2.75, 3.05) is 32.9 Å². The largest absolute Gasteiger partial charge is 0.444 e. The van der Waals surface area contributed by atoms with Gasteiger partial charge in [-0.2, -0.15) is 0 Å². The maximum atomic E-state index is 11.6. The van der Waals surface area contributed by atoms with Gasteiger partial charge in [0, 0.05) is 27.2 Å². The van der Waals surface area contributed by atoms with Crippen molar-refractivity contribution >= 4 is 16.0 Å². The topological polar surface area (TPSA) is 99.8 Å². The Morgan fingerprint density at radius 1 is 1.35 bits per heavy atom. The fourth-order valence-corrected chi connectivity index (χ4v) is 2.71. The predicted octanol–water partition coefficient (Wildman–Crippen LogP) is 0.628. The van der Waals surface area contributed by atoms with Crippen LogP contribution in [0.25, 0.3) is 0 Å². The third-order valence-electron chi connectivity index (χ3n) is 3.49. The van der Waals surface area contributed by atoms with Crippen LogP contribution in [0, 0.1) is 13.8 Å².